The molecular formula is C22H17F3N2OS. The lowest BCUT2D eigenvalue weighted by Crippen LogP contribution is -2.06. The minimum absolute atomic E-state index is 0.365. The highest BCUT2D eigenvalue weighted by Crippen LogP contribution is 2.35. The van der Waals surface area contributed by atoms with Crippen molar-refractivity contribution in [3.63, 3.8) is 0 Å². The highest BCUT2D eigenvalue weighted by Gasteiger charge is 2.29. The van der Waals surface area contributed by atoms with Crippen molar-refractivity contribution in [1.29, 1.82) is 0 Å². The Morgan fingerprint density at radius 1 is 0.862 bits per heavy atom. The van der Waals surface area contributed by atoms with Crippen molar-refractivity contribution in [1.82, 2.24) is 4.37 Å². The first-order chi connectivity index (χ1) is 14.0. The van der Waals surface area contributed by atoms with Crippen LogP contribution in [0.1, 0.15) is 16.7 Å². The van der Waals surface area contributed by atoms with Crippen LogP contribution in [0, 0.1) is 0 Å². The number of nitrogens with zero attached hydrogens (tertiary/aromatic N) is 1. The highest BCUT2D eigenvalue weighted by atomic mass is 32.1. The zero-order valence-electron chi connectivity index (χ0n) is 15.2. The Balaban J connectivity index is 1.50. The average molecular weight is 414 g/mol. The molecule has 3 nitrogen and oxygen atoms in total. The molecule has 148 valence electrons. The average Bonchev–Trinajstić information content (AvgIpc) is 3.15. The first kappa shape index (κ1) is 19.3. The second kappa shape index (κ2) is 8.13. The van der Waals surface area contributed by atoms with Crippen molar-refractivity contribution in [2.45, 2.75) is 19.3 Å². The smallest absolute Gasteiger partial charge is 0.416 e. The van der Waals surface area contributed by atoms with Crippen LogP contribution in [0.25, 0.3) is 10.1 Å². The molecule has 0 saturated heterocycles. The molecule has 0 aliphatic carbocycles. The molecule has 0 bridgehead atoms. The molecular weight excluding hydrogens is 397 g/mol. The maximum absolute atomic E-state index is 12.7. The number of alkyl halides is 3. The zero-order valence-corrected chi connectivity index (χ0v) is 16.1. The first-order valence-corrected chi connectivity index (χ1v) is 9.73. The third-order valence-electron chi connectivity index (χ3n) is 4.44. The van der Waals surface area contributed by atoms with Gasteiger partial charge in [-0.05, 0) is 46.9 Å². The van der Waals surface area contributed by atoms with Crippen LogP contribution in [0.4, 0.5) is 19.0 Å². The molecule has 0 radical (unpaired) electrons. The van der Waals surface area contributed by atoms with Gasteiger partial charge in [-0.3, -0.25) is 0 Å². The number of fused-ring (bicyclic) bond motifs is 1. The Morgan fingerprint density at radius 3 is 2.34 bits per heavy atom. The van der Waals surface area contributed by atoms with Gasteiger partial charge in [-0.2, -0.15) is 17.5 Å². The van der Waals surface area contributed by atoms with Gasteiger partial charge in [0.1, 0.15) is 12.4 Å². The van der Waals surface area contributed by atoms with Crippen molar-refractivity contribution < 1.29 is 17.9 Å². The largest absolute Gasteiger partial charge is 0.488 e. The minimum atomic E-state index is -4.33. The lowest BCUT2D eigenvalue weighted by atomic mass is 10.1. The van der Waals surface area contributed by atoms with E-state index in [1.807, 2.05) is 48.5 Å². The summed E-state index contributed by atoms with van der Waals surface area (Å²) in [5.41, 5.74) is 1.14. The number of nitrogens with one attached hydrogen (secondary N) is 1. The third-order valence-corrected chi connectivity index (χ3v) is 5.25. The summed E-state index contributed by atoms with van der Waals surface area (Å²) in [6.07, 6.45) is -4.33. The molecule has 0 unspecified atom stereocenters. The number of ether oxygens (including phenoxy) is 1. The maximum atomic E-state index is 12.7. The van der Waals surface area contributed by atoms with Gasteiger partial charge in [0.25, 0.3) is 0 Å². The summed E-state index contributed by atoms with van der Waals surface area (Å²) in [4.78, 5) is 0. The van der Waals surface area contributed by atoms with Crippen LogP contribution in [0.3, 0.4) is 0 Å². The number of hydrogen-bond donors (Lipinski definition) is 1. The number of halogens is 3. The molecule has 4 rings (SSSR count). The van der Waals surface area contributed by atoms with E-state index < -0.39 is 11.7 Å². The molecule has 0 atom stereocenters. The van der Waals surface area contributed by atoms with Crippen molar-refractivity contribution in [2.75, 3.05) is 5.32 Å². The Labute approximate surface area is 169 Å². The van der Waals surface area contributed by atoms with Crippen LogP contribution in [0.2, 0.25) is 0 Å². The number of benzene rings is 3. The molecule has 0 saturated carbocycles. The van der Waals surface area contributed by atoms with Gasteiger partial charge in [-0.25, -0.2) is 0 Å². The van der Waals surface area contributed by atoms with Gasteiger partial charge < -0.3 is 10.1 Å². The fourth-order valence-corrected chi connectivity index (χ4v) is 3.71. The summed E-state index contributed by atoms with van der Waals surface area (Å²) in [6, 6.07) is 20.8. The fraction of sp³-hybridized carbons (Fsp3) is 0.136. The van der Waals surface area contributed by atoms with Crippen LogP contribution in [-0.2, 0) is 19.3 Å². The standard InChI is InChI=1S/C22H17F3N2OS/c23-22(24,25)17-11-9-15(10-12-17)13-26-21-20-18(7-4-8-19(20)29-27-21)28-14-16-5-2-1-3-6-16/h1-12H,13-14H2,(H,26,27). The van der Waals surface area contributed by atoms with E-state index in [9.17, 15) is 13.2 Å². The van der Waals surface area contributed by atoms with Gasteiger partial charge in [0.15, 0.2) is 5.82 Å². The van der Waals surface area contributed by atoms with E-state index in [0.717, 1.165) is 39.1 Å². The predicted octanol–water partition coefficient (Wildman–Crippen LogP) is 6.51. The molecule has 4 aromatic rings. The van der Waals surface area contributed by atoms with E-state index in [1.165, 1.54) is 23.7 Å². The second-order valence-electron chi connectivity index (χ2n) is 6.48. The summed E-state index contributed by atoms with van der Waals surface area (Å²) in [6.45, 7) is 0.804. The summed E-state index contributed by atoms with van der Waals surface area (Å²) in [5.74, 6) is 1.38. The van der Waals surface area contributed by atoms with Crippen LogP contribution in [-0.4, -0.2) is 4.37 Å². The number of hydrogen-bond acceptors (Lipinski definition) is 4. The normalized spacial score (nSPS) is 11.6. The molecule has 1 N–H and O–H groups in total. The molecule has 0 amide bonds. The fourth-order valence-electron chi connectivity index (χ4n) is 2.93. The van der Waals surface area contributed by atoms with Crippen molar-refractivity contribution in [3.8, 4) is 5.75 Å². The quantitative estimate of drug-likeness (QED) is 0.391. The zero-order chi connectivity index (χ0) is 20.3. The van der Waals surface area contributed by atoms with E-state index in [4.69, 9.17) is 4.74 Å². The van der Waals surface area contributed by atoms with Crippen molar-refractivity contribution in [2.24, 2.45) is 0 Å². The molecule has 1 heterocycles. The Bertz CT molecular complexity index is 1090. The first-order valence-electron chi connectivity index (χ1n) is 8.96. The minimum Gasteiger partial charge on any atom is -0.488 e. The maximum Gasteiger partial charge on any atom is 0.416 e. The van der Waals surface area contributed by atoms with Crippen LogP contribution in [0.5, 0.6) is 5.75 Å². The molecule has 0 fully saturated rings. The van der Waals surface area contributed by atoms with Gasteiger partial charge in [-0.15, -0.1) is 0 Å². The molecule has 3 aromatic carbocycles. The SMILES string of the molecule is FC(F)(F)c1ccc(CNc2nsc3cccc(OCc4ccccc4)c23)cc1. The summed E-state index contributed by atoms with van der Waals surface area (Å²) in [7, 11) is 0. The molecule has 0 spiro atoms. The summed E-state index contributed by atoms with van der Waals surface area (Å²) in [5, 5.41) is 4.09. The van der Waals surface area contributed by atoms with Crippen LogP contribution < -0.4 is 10.1 Å². The van der Waals surface area contributed by atoms with Gasteiger partial charge in [0.05, 0.1) is 15.6 Å². The highest BCUT2D eigenvalue weighted by molar-refractivity contribution is 7.13. The van der Waals surface area contributed by atoms with E-state index in [-0.39, 0.29) is 0 Å². The van der Waals surface area contributed by atoms with Crippen molar-refractivity contribution in [3.05, 3.63) is 89.5 Å². The van der Waals surface area contributed by atoms with Gasteiger partial charge in [-0.1, -0.05) is 48.5 Å². The molecule has 29 heavy (non-hydrogen) atoms. The van der Waals surface area contributed by atoms with Crippen LogP contribution >= 0.6 is 11.5 Å². The van der Waals surface area contributed by atoms with E-state index >= 15 is 0 Å². The van der Waals surface area contributed by atoms with Crippen LogP contribution in [0.15, 0.2) is 72.8 Å². The van der Waals surface area contributed by atoms with Gasteiger partial charge in [0.2, 0.25) is 0 Å². The molecule has 7 heteroatoms. The Hall–Kier alpha value is -3.06. The summed E-state index contributed by atoms with van der Waals surface area (Å²) < 4.78 is 49.6. The van der Waals surface area contributed by atoms with E-state index in [2.05, 4.69) is 9.69 Å². The Kier molecular flexibility index (Phi) is 5.40. The molecule has 0 aliphatic heterocycles. The predicted molar refractivity (Wildman–Crippen MR) is 109 cm³/mol. The van der Waals surface area contributed by atoms with Gasteiger partial charge >= 0.3 is 6.18 Å². The van der Waals surface area contributed by atoms with Crippen molar-refractivity contribution >= 4 is 27.4 Å². The number of rotatable bonds is 6. The topological polar surface area (TPSA) is 34.2 Å². The molecule has 0 aliphatic rings. The molecule has 1 aromatic heterocycles. The third kappa shape index (κ3) is 4.51. The monoisotopic (exact) mass is 414 g/mol. The van der Waals surface area contributed by atoms with Gasteiger partial charge in [0, 0.05) is 6.54 Å². The number of anilines is 1. The summed E-state index contributed by atoms with van der Waals surface area (Å²) >= 11 is 1.35. The number of aromatic nitrogens is 1. The second-order valence-corrected chi connectivity index (χ2v) is 7.29. The van der Waals surface area contributed by atoms with E-state index in [1.54, 1.807) is 0 Å². The Morgan fingerprint density at radius 2 is 1.62 bits per heavy atom. The lowest BCUT2D eigenvalue weighted by molar-refractivity contribution is -0.137. The lowest BCUT2D eigenvalue weighted by Gasteiger charge is -2.10. The van der Waals surface area contributed by atoms with E-state index in [0.29, 0.717) is 19.0 Å².